The van der Waals surface area contributed by atoms with Crippen molar-refractivity contribution in [3.8, 4) is 50.6 Å². The van der Waals surface area contributed by atoms with E-state index in [0.717, 1.165) is 72.4 Å². The minimum absolute atomic E-state index is 0.0736. The molecule has 8 aromatic carbocycles. The van der Waals surface area contributed by atoms with Crippen LogP contribution in [0.3, 0.4) is 0 Å². The number of aromatic nitrogens is 3. The van der Waals surface area contributed by atoms with Crippen molar-refractivity contribution >= 4 is 43.6 Å². The lowest BCUT2D eigenvalue weighted by Gasteiger charge is -2.16. The monoisotopic (exact) mass is 729 g/mol. The highest BCUT2D eigenvalue weighted by molar-refractivity contribution is 6.13. The fourth-order valence-electron chi connectivity index (χ4n) is 8.66. The molecule has 0 radical (unpaired) electrons. The minimum atomic E-state index is -0.0736. The first-order valence-corrected chi connectivity index (χ1v) is 19.3. The second-order valence-corrected chi connectivity index (χ2v) is 14.5. The third kappa shape index (κ3) is 5.34. The maximum absolute atomic E-state index is 15.3. The van der Waals surface area contributed by atoms with Gasteiger partial charge in [-0.1, -0.05) is 133 Å². The molecule has 0 saturated carbocycles. The quantitative estimate of drug-likeness (QED) is 0.168. The van der Waals surface area contributed by atoms with Crippen molar-refractivity contribution in [2.24, 2.45) is 0 Å². The molecule has 0 N–H and O–H groups in total. The molecule has 0 amide bonds. The molecule has 3 heterocycles. The summed E-state index contributed by atoms with van der Waals surface area (Å²) in [5, 5.41) is 4.35. The molecule has 4 heteroatoms. The predicted octanol–water partition coefficient (Wildman–Crippen LogP) is 13.0. The second kappa shape index (κ2) is 13.3. The molecule has 3 aromatic heterocycles. The Balaban J connectivity index is 1.19. The van der Waals surface area contributed by atoms with Gasteiger partial charge in [0.2, 0.25) is 0 Å². The first-order chi connectivity index (χ1) is 28.2. The van der Waals surface area contributed by atoms with Crippen molar-refractivity contribution in [1.29, 1.82) is 0 Å². The summed E-state index contributed by atoms with van der Waals surface area (Å²) in [7, 11) is 0. The highest BCUT2D eigenvalue weighted by atomic mass is 16.1. The van der Waals surface area contributed by atoms with Crippen LogP contribution in [0, 0.1) is 0 Å². The van der Waals surface area contributed by atoms with Gasteiger partial charge in [-0.15, -0.1) is 0 Å². The molecule has 268 valence electrons. The van der Waals surface area contributed by atoms with Crippen LogP contribution in [0.1, 0.15) is 0 Å². The van der Waals surface area contributed by atoms with Crippen LogP contribution in [0.2, 0.25) is 0 Å². The van der Waals surface area contributed by atoms with Gasteiger partial charge in [0.1, 0.15) is 5.52 Å². The Hall–Kier alpha value is -7.69. The van der Waals surface area contributed by atoms with Crippen LogP contribution < -0.4 is 5.56 Å². The average molecular weight is 730 g/mol. The Kier molecular flexibility index (Phi) is 7.61. The molecule has 0 bridgehead atoms. The maximum atomic E-state index is 15.3. The first kappa shape index (κ1) is 32.7. The number of rotatable bonds is 6. The normalized spacial score (nSPS) is 11.6. The Bertz CT molecular complexity index is 3340. The van der Waals surface area contributed by atoms with Crippen molar-refractivity contribution in [3.05, 3.63) is 223 Å². The summed E-state index contributed by atoms with van der Waals surface area (Å²) in [6.07, 6.45) is 0. The van der Waals surface area contributed by atoms with Crippen LogP contribution in [0.25, 0.3) is 94.2 Å². The van der Waals surface area contributed by atoms with Crippen molar-refractivity contribution in [3.63, 3.8) is 0 Å². The van der Waals surface area contributed by atoms with Gasteiger partial charge in [0.05, 0.1) is 22.2 Å². The van der Waals surface area contributed by atoms with Crippen LogP contribution in [0.4, 0.5) is 0 Å². The van der Waals surface area contributed by atoms with E-state index in [4.69, 9.17) is 0 Å². The molecule has 0 saturated heterocycles. The number of pyridine rings is 1. The maximum Gasteiger partial charge on any atom is 0.280 e. The highest BCUT2D eigenvalue weighted by Crippen LogP contribution is 2.39. The predicted molar refractivity (Wildman–Crippen MR) is 237 cm³/mol. The third-order valence-electron chi connectivity index (χ3n) is 11.2. The number of para-hydroxylation sites is 4. The van der Waals surface area contributed by atoms with Crippen LogP contribution >= 0.6 is 0 Å². The molecular formula is C53H35N3O. The zero-order chi connectivity index (χ0) is 37.9. The van der Waals surface area contributed by atoms with E-state index in [0.29, 0.717) is 5.52 Å². The number of fused-ring (bicyclic) bond motifs is 6. The van der Waals surface area contributed by atoms with E-state index < -0.39 is 0 Å². The van der Waals surface area contributed by atoms with Gasteiger partial charge in [-0.25, -0.2) is 0 Å². The molecule has 0 atom stereocenters. The fourth-order valence-corrected chi connectivity index (χ4v) is 8.66. The summed E-state index contributed by atoms with van der Waals surface area (Å²) < 4.78 is 6.36. The lowest BCUT2D eigenvalue weighted by atomic mass is 9.99. The minimum Gasteiger partial charge on any atom is -0.309 e. The van der Waals surface area contributed by atoms with E-state index in [9.17, 15) is 0 Å². The molecule has 0 unspecified atom stereocenters. The van der Waals surface area contributed by atoms with Gasteiger partial charge in [-0.3, -0.25) is 9.36 Å². The van der Waals surface area contributed by atoms with Gasteiger partial charge >= 0.3 is 0 Å². The van der Waals surface area contributed by atoms with E-state index in [-0.39, 0.29) is 5.56 Å². The van der Waals surface area contributed by atoms with Crippen LogP contribution in [0.5, 0.6) is 0 Å². The van der Waals surface area contributed by atoms with Gasteiger partial charge in [0, 0.05) is 38.6 Å². The second-order valence-electron chi connectivity index (χ2n) is 14.5. The van der Waals surface area contributed by atoms with Crippen molar-refractivity contribution in [2.75, 3.05) is 0 Å². The van der Waals surface area contributed by atoms with Gasteiger partial charge in [0.15, 0.2) is 0 Å². The summed E-state index contributed by atoms with van der Waals surface area (Å²) in [4.78, 5) is 15.3. The smallest absolute Gasteiger partial charge is 0.280 e. The standard InChI is InChI=1S/C53H35N3O/c57-53-52-47(35-51(56(53)43-24-11-4-12-25-43)40-19-15-18-37(32-40)36-16-5-1-6-17-36)46-34-39(29-31-50(46)55(52)42-22-9-3-10-23-42)38-28-30-49-45(33-38)44-26-13-14-27-48(44)54(49)41-20-7-2-8-21-41/h1-35H. The Morgan fingerprint density at radius 2 is 0.737 bits per heavy atom. The fraction of sp³-hybridized carbons (Fsp3) is 0. The van der Waals surface area contributed by atoms with Crippen LogP contribution in [-0.2, 0) is 0 Å². The lowest BCUT2D eigenvalue weighted by Crippen LogP contribution is -2.22. The third-order valence-corrected chi connectivity index (χ3v) is 11.2. The van der Waals surface area contributed by atoms with Crippen molar-refractivity contribution in [1.82, 2.24) is 13.7 Å². The number of nitrogens with zero attached hydrogens (tertiary/aromatic N) is 3. The van der Waals surface area contributed by atoms with E-state index in [2.05, 4.69) is 167 Å². The molecule has 11 aromatic rings. The number of hydrogen-bond donors (Lipinski definition) is 0. The van der Waals surface area contributed by atoms with Crippen LogP contribution in [-0.4, -0.2) is 13.7 Å². The van der Waals surface area contributed by atoms with Gasteiger partial charge in [-0.05, 0) is 107 Å². The Morgan fingerprint density at radius 1 is 0.281 bits per heavy atom. The molecule has 0 fully saturated rings. The summed E-state index contributed by atoms with van der Waals surface area (Å²) in [5.74, 6) is 0. The SMILES string of the molecule is O=c1c2c(cc(-c3cccc(-c4ccccc4)c3)n1-c1ccccc1)c1cc(-c3ccc4c(c3)c3ccccc3n4-c3ccccc3)ccc1n2-c1ccccc1. The summed E-state index contributed by atoms with van der Waals surface area (Å²) in [6, 6.07) is 73.9. The van der Waals surface area contributed by atoms with E-state index >= 15 is 4.79 Å². The topological polar surface area (TPSA) is 31.9 Å². The van der Waals surface area contributed by atoms with Crippen LogP contribution in [0.15, 0.2) is 217 Å². The Morgan fingerprint density at radius 3 is 1.39 bits per heavy atom. The lowest BCUT2D eigenvalue weighted by molar-refractivity contribution is 1.000. The number of hydrogen-bond acceptors (Lipinski definition) is 1. The molecular weight excluding hydrogens is 695 g/mol. The van der Waals surface area contributed by atoms with Gasteiger partial charge in [-0.2, -0.15) is 0 Å². The van der Waals surface area contributed by atoms with E-state index in [1.165, 1.54) is 16.3 Å². The summed E-state index contributed by atoms with van der Waals surface area (Å²) in [5.41, 5.74) is 13.0. The summed E-state index contributed by atoms with van der Waals surface area (Å²) in [6.45, 7) is 0. The Labute approximate surface area is 329 Å². The molecule has 0 spiro atoms. The average Bonchev–Trinajstić information content (AvgIpc) is 3.80. The largest absolute Gasteiger partial charge is 0.309 e. The molecule has 0 aliphatic rings. The van der Waals surface area contributed by atoms with Crippen molar-refractivity contribution < 1.29 is 0 Å². The molecule has 0 aliphatic carbocycles. The van der Waals surface area contributed by atoms with Gasteiger partial charge in [0.25, 0.3) is 5.56 Å². The zero-order valence-corrected chi connectivity index (χ0v) is 31.0. The van der Waals surface area contributed by atoms with E-state index in [1.807, 2.05) is 59.2 Å². The molecule has 0 aliphatic heterocycles. The van der Waals surface area contributed by atoms with E-state index in [1.54, 1.807) is 0 Å². The molecule has 4 nitrogen and oxygen atoms in total. The summed E-state index contributed by atoms with van der Waals surface area (Å²) >= 11 is 0. The highest BCUT2D eigenvalue weighted by Gasteiger charge is 2.22. The zero-order valence-electron chi connectivity index (χ0n) is 31.0. The van der Waals surface area contributed by atoms with Crippen molar-refractivity contribution in [2.45, 2.75) is 0 Å². The van der Waals surface area contributed by atoms with Gasteiger partial charge < -0.3 is 9.13 Å². The molecule has 11 rings (SSSR count). The first-order valence-electron chi connectivity index (χ1n) is 19.3. The molecule has 57 heavy (non-hydrogen) atoms. The number of benzene rings is 8.